The van der Waals surface area contributed by atoms with E-state index in [0.717, 1.165) is 13.0 Å². The molecular weight excluding hydrogens is 166 g/mol. The number of rotatable bonds is 4. The molecule has 0 N–H and O–H groups in total. The Hall–Kier alpha value is -0.570. The number of piperidine rings is 1. The van der Waals surface area contributed by atoms with Gasteiger partial charge in [-0.15, -0.1) is 0 Å². The van der Waals surface area contributed by atoms with Crippen molar-refractivity contribution in [3.05, 3.63) is 0 Å². The Morgan fingerprint density at radius 2 is 2.00 bits per heavy atom. The predicted molar refractivity (Wildman–Crippen MR) is 51.5 cm³/mol. The zero-order chi connectivity index (χ0) is 9.52. The Kier molecular flexibility index (Phi) is 4.83. The van der Waals surface area contributed by atoms with Gasteiger partial charge in [0.2, 0.25) is 0 Å². The molecule has 0 aliphatic carbocycles. The maximum Gasteiger partial charge on any atom is 0.302 e. The van der Waals surface area contributed by atoms with Gasteiger partial charge in [0.05, 0.1) is 6.61 Å². The van der Waals surface area contributed by atoms with Crippen LogP contribution in [0.1, 0.15) is 32.6 Å². The standard InChI is InChI=1S/C10H19NO2/c1-10(12)13-9-5-8-11-6-3-2-4-7-11/h2-9H2,1H3. The largest absolute Gasteiger partial charge is 0.466 e. The molecule has 0 aromatic heterocycles. The third-order valence-corrected chi connectivity index (χ3v) is 2.37. The van der Waals surface area contributed by atoms with E-state index in [9.17, 15) is 4.79 Å². The number of hydrogen-bond donors (Lipinski definition) is 0. The Morgan fingerprint density at radius 3 is 2.62 bits per heavy atom. The Balaban J connectivity index is 1.95. The topological polar surface area (TPSA) is 29.5 Å². The van der Waals surface area contributed by atoms with Crippen LogP contribution in [0.2, 0.25) is 0 Å². The van der Waals surface area contributed by atoms with Crippen molar-refractivity contribution in [2.75, 3.05) is 26.2 Å². The highest BCUT2D eigenvalue weighted by atomic mass is 16.5. The molecule has 0 spiro atoms. The van der Waals surface area contributed by atoms with Crippen molar-refractivity contribution in [2.45, 2.75) is 32.6 Å². The zero-order valence-corrected chi connectivity index (χ0v) is 8.42. The second-order valence-corrected chi connectivity index (χ2v) is 3.60. The van der Waals surface area contributed by atoms with Gasteiger partial charge in [0.15, 0.2) is 0 Å². The Morgan fingerprint density at radius 1 is 1.31 bits per heavy atom. The molecule has 3 heteroatoms. The third-order valence-electron chi connectivity index (χ3n) is 2.37. The zero-order valence-electron chi connectivity index (χ0n) is 8.42. The minimum Gasteiger partial charge on any atom is -0.466 e. The molecule has 1 saturated heterocycles. The number of esters is 1. The first-order valence-corrected chi connectivity index (χ1v) is 5.15. The first-order chi connectivity index (χ1) is 6.29. The van der Waals surface area contributed by atoms with Gasteiger partial charge in [-0.05, 0) is 32.4 Å². The third kappa shape index (κ3) is 4.88. The van der Waals surface area contributed by atoms with Crippen molar-refractivity contribution in [1.29, 1.82) is 0 Å². The molecule has 0 saturated carbocycles. The first-order valence-electron chi connectivity index (χ1n) is 5.15. The molecular formula is C10H19NO2. The minimum atomic E-state index is -0.168. The fourth-order valence-electron chi connectivity index (χ4n) is 1.69. The minimum absolute atomic E-state index is 0.168. The maximum atomic E-state index is 10.5. The molecule has 0 radical (unpaired) electrons. The number of carbonyl (C=O) groups is 1. The molecule has 1 rings (SSSR count). The summed E-state index contributed by atoms with van der Waals surface area (Å²) in [5.74, 6) is -0.168. The van der Waals surface area contributed by atoms with Crippen molar-refractivity contribution < 1.29 is 9.53 Å². The summed E-state index contributed by atoms with van der Waals surface area (Å²) in [4.78, 5) is 12.9. The smallest absolute Gasteiger partial charge is 0.302 e. The first kappa shape index (κ1) is 10.5. The van der Waals surface area contributed by atoms with Crippen LogP contribution in [0.5, 0.6) is 0 Å². The predicted octanol–water partition coefficient (Wildman–Crippen LogP) is 1.43. The van der Waals surface area contributed by atoms with E-state index in [2.05, 4.69) is 4.90 Å². The fraction of sp³-hybridized carbons (Fsp3) is 0.900. The van der Waals surface area contributed by atoms with Gasteiger partial charge >= 0.3 is 5.97 Å². The Bertz CT molecular complexity index is 153. The van der Waals surface area contributed by atoms with E-state index in [1.165, 1.54) is 39.3 Å². The average molecular weight is 185 g/mol. The number of hydrogen-bond acceptors (Lipinski definition) is 3. The summed E-state index contributed by atoms with van der Waals surface area (Å²) in [5, 5.41) is 0. The summed E-state index contributed by atoms with van der Waals surface area (Å²) in [6.45, 7) is 5.56. The normalized spacial score (nSPS) is 18.5. The summed E-state index contributed by atoms with van der Waals surface area (Å²) in [7, 11) is 0. The molecule has 3 nitrogen and oxygen atoms in total. The molecule has 0 amide bonds. The number of carbonyl (C=O) groups excluding carboxylic acids is 1. The van der Waals surface area contributed by atoms with E-state index in [-0.39, 0.29) is 5.97 Å². The van der Waals surface area contributed by atoms with Gasteiger partial charge in [0, 0.05) is 13.5 Å². The molecule has 1 aliphatic heterocycles. The molecule has 76 valence electrons. The lowest BCUT2D eigenvalue weighted by Crippen LogP contribution is -2.31. The van der Waals surface area contributed by atoms with Crippen molar-refractivity contribution in [3.63, 3.8) is 0 Å². The lowest BCUT2D eigenvalue weighted by atomic mass is 10.1. The van der Waals surface area contributed by atoms with Crippen molar-refractivity contribution in [1.82, 2.24) is 4.90 Å². The van der Waals surface area contributed by atoms with E-state index in [0.29, 0.717) is 6.61 Å². The maximum absolute atomic E-state index is 10.5. The van der Waals surface area contributed by atoms with Crippen molar-refractivity contribution in [2.24, 2.45) is 0 Å². The Labute approximate surface area is 80.1 Å². The van der Waals surface area contributed by atoms with E-state index >= 15 is 0 Å². The van der Waals surface area contributed by atoms with Crippen LogP contribution in [0.15, 0.2) is 0 Å². The van der Waals surface area contributed by atoms with Crippen LogP contribution in [0, 0.1) is 0 Å². The van der Waals surface area contributed by atoms with Crippen molar-refractivity contribution >= 4 is 5.97 Å². The number of nitrogens with zero attached hydrogens (tertiary/aromatic N) is 1. The molecule has 1 aliphatic rings. The average Bonchev–Trinajstić information content (AvgIpc) is 2.14. The van der Waals surface area contributed by atoms with Crippen LogP contribution in [-0.2, 0) is 9.53 Å². The molecule has 0 aromatic rings. The summed E-state index contributed by atoms with van der Waals surface area (Å²) in [5.41, 5.74) is 0. The molecule has 0 aromatic carbocycles. The molecule has 0 bridgehead atoms. The number of ether oxygens (including phenoxy) is 1. The molecule has 13 heavy (non-hydrogen) atoms. The van der Waals surface area contributed by atoms with Crippen molar-refractivity contribution in [3.8, 4) is 0 Å². The highest BCUT2D eigenvalue weighted by Crippen LogP contribution is 2.08. The second-order valence-electron chi connectivity index (χ2n) is 3.60. The summed E-state index contributed by atoms with van der Waals surface area (Å²) in [6, 6.07) is 0. The van der Waals surface area contributed by atoms with Crippen LogP contribution < -0.4 is 0 Å². The number of likely N-dealkylation sites (tertiary alicyclic amines) is 1. The summed E-state index contributed by atoms with van der Waals surface area (Å²) < 4.78 is 4.87. The monoisotopic (exact) mass is 185 g/mol. The van der Waals surface area contributed by atoms with Crippen LogP contribution >= 0.6 is 0 Å². The molecule has 1 fully saturated rings. The SMILES string of the molecule is CC(=O)OCCCN1CCCCC1. The lowest BCUT2D eigenvalue weighted by molar-refractivity contribution is -0.141. The van der Waals surface area contributed by atoms with E-state index in [1.54, 1.807) is 0 Å². The van der Waals surface area contributed by atoms with Crippen LogP contribution in [0.4, 0.5) is 0 Å². The van der Waals surface area contributed by atoms with Crippen LogP contribution in [0.3, 0.4) is 0 Å². The van der Waals surface area contributed by atoms with Gasteiger partial charge in [-0.1, -0.05) is 6.42 Å². The quantitative estimate of drug-likeness (QED) is 0.490. The highest BCUT2D eigenvalue weighted by Gasteiger charge is 2.08. The molecule has 1 heterocycles. The van der Waals surface area contributed by atoms with Gasteiger partial charge in [-0.2, -0.15) is 0 Å². The second kappa shape index (κ2) is 5.97. The summed E-state index contributed by atoms with van der Waals surface area (Å²) >= 11 is 0. The highest BCUT2D eigenvalue weighted by molar-refractivity contribution is 5.65. The lowest BCUT2D eigenvalue weighted by Gasteiger charge is -2.26. The van der Waals surface area contributed by atoms with Crippen LogP contribution in [0.25, 0.3) is 0 Å². The van der Waals surface area contributed by atoms with Gasteiger partial charge in [0.1, 0.15) is 0 Å². The van der Waals surface area contributed by atoms with Gasteiger partial charge in [0.25, 0.3) is 0 Å². The van der Waals surface area contributed by atoms with E-state index in [1.807, 2.05) is 0 Å². The molecule has 0 unspecified atom stereocenters. The fourth-order valence-corrected chi connectivity index (χ4v) is 1.69. The summed E-state index contributed by atoms with van der Waals surface area (Å²) in [6.07, 6.45) is 5.00. The van der Waals surface area contributed by atoms with Gasteiger partial charge < -0.3 is 9.64 Å². The van der Waals surface area contributed by atoms with E-state index < -0.39 is 0 Å². The van der Waals surface area contributed by atoms with Gasteiger partial charge in [-0.25, -0.2) is 0 Å². The van der Waals surface area contributed by atoms with Gasteiger partial charge in [-0.3, -0.25) is 4.79 Å². The van der Waals surface area contributed by atoms with E-state index in [4.69, 9.17) is 4.74 Å². The molecule has 0 atom stereocenters. The van der Waals surface area contributed by atoms with Crippen LogP contribution in [-0.4, -0.2) is 37.1 Å².